The van der Waals surface area contributed by atoms with Crippen LogP contribution in [0.25, 0.3) is 0 Å². The highest BCUT2D eigenvalue weighted by atomic mass is 16.8. The van der Waals surface area contributed by atoms with Gasteiger partial charge in [-0.3, -0.25) is 14.9 Å². The van der Waals surface area contributed by atoms with Crippen molar-refractivity contribution in [3.05, 3.63) is 34.4 Å². The summed E-state index contributed by atoms with van der Waals surface area (Å²) in [6.07, 6.45) is -2.13. The number of non-ortho nitro benzene ring substituents is 1. The minimum atomic E-state index is -1.07. The Kier molecular flexibility index (Phi) is 5.65. The van der Waals surface area contributed by atoms with Crippen molar-refractivity contribution in [2.75, 3.05) is 0 Å². The first kappa shape index (κ1) is 16.4. The third-order valence-corrected chi connectivity index (χ3v) is 2.29. The van der Waals surface area contributed by atoms with E-state index in [1.54, 1.807) is 13.8 Å². The van der Waals surface area contributed by atoms with Gasteiger partial charge in [0.15, 0.2) is 0 Å². The van der Waals surface area contributed by atoms with E-state index in [-0.39, 0.29) is 17.4 Å². The number of carbonyl (C=O) groups is 2. The van der Waals surface area contributed by atoms with Crippen molar-refractivity contribution < 1.29 is 28.7 Å². The molecule has 0 aliphatic carbocycles. The molecule has 21 heavy (non-hydrogen) atoms. The van der Waals surface area contributed by atoms with Gasteiger partial charge in [-0.05, 0) is 12.1 Å². The molecule has 0 saturated heterocycles. The second-order valence-corrected chi connectivity index (χ2v) is 4.44. The van der Waals surface area contributed by atoms with E-state index in [9.17, 15) is 19.7 Å². The van der Waals surface area contributed by atoms with Crippen molar-refractivity contribution in [1.29, 1.82) is 0 Å². The topological polar surface area (TPSA) is 105 Å². The first-order valence-electron chi connectivity index (χ1n) is 6.09. The molecule has 0 aliphatic rings. The molecule has 1 unspecified atom stereocenters. The van der Waals surface area contributed by atoms with Crippen LogP contribution in [0.3, 0.4) is 0 Å². The summed E-state index contributed by atoms with van der Waals surface area (Å²) in [6.45, 7) is 4.60. The Balaban J connectivity index is 2.63. The average Bonchev–Trinajstić information content (AvgIpc) is 2.37. The van der Waals surface area contributed by atoms with Crippen LogP contribution in [0.15, 0.2) is 24.3 Å². The molecule has 0 N–H and O–H groups in total. The van der Waals surface area contributed by atoms with E-state index in [1.807, 2.05) is 0 Å². The quantitative estimate of drug-likeness (QED) is 0.270. The molecule has 1 rings (SSSR count). The second-order valence-electron chi connectivity index (χ2n) is 4.44. The molecule has 8 heteroatoms. The summed E-state index contributed by atoms with van der Waals surface area (Å²) < 4.78 is 14.5. The van der Waals surface area contributed by atoms with Gasteiger partial charge in [-0.1, -0.05) is 13.8 Å². The van der Waals surface area contributed by atoms with Crippen LogP contribution in [0.5, 0.6) is 5.75 Å². The van der Waals surface area contributed by atoms with E-state index >= 15 is 0 Å². The molecular weight excluding hydrogens is 282 g/mol. The molecule has 0 saturated carbocycles. The van der Waals surface area contributed by atoms with Gasteiger partial charge in [-0.15, -0.1) is 0 Å². The van der Waals surface area contributed by atoms with E-state index < -0.39 is 23.3 Å². The van der Waals surface area contributed by atoms with E-state index in [0.29, 0.717) is 0 Å². The molecule has 1 atom stereocenters. The molecule has 0 radical (unpaired) electrons. The van der Waals surface area contributed by atoms with E-state index in [1.165, 1.54) is 31.2 Å². The number of nitro benzene ring substituents is 1. The summed E-state index contributed by atoms with van der Waals surface area (Å²) in [5, 5.41) is 10.5. The standard InChI is InChI=1S/C13H15NO7/c1-8(2)12(19-9(3)15)21-13(16)20-11-6-4-10(5-7-11)14(17)18/h4-8,12H,1-3H3. The number of hydrogen-bond acceptors (Lipinski definition) is 7. The van der Waals surface area contributed by atoms with Gasteiger partial charge in [0.2, 0.25) is 0 Å². The Morgan fingerprint density at radius 2 is 1.71 bits per heavy atom. The summed E-state index contributed by atoms with van der Waals surface area (Å²) in [6, 6.07) is 4.90. The summed E-state index contributed by atoms with van der Waals surface area (Å²) in [4.78, 5) is 32.3. The van der Waals surface area contributed by atoms with Crippen LogP contribution in [0, 0.1) is 16.0 Å². The number of benzene rings is 1. The van der Waals surface area contributed by atoms with Crippen LogP contribution in [0.2, 0.25) is 0 Å². The van der Waals surface area contributed by atoms with Crippen LogP contribution < -0.4 is 4.74 Å². The van der Waals surface area contributed by atoms with Crippen LogP contribution in [0.1, 0.15) is 20.8 Å². The van der Waals surface area contributed by atoms with Crippen molar-refractivity contribution in [3.8, 4) is 5.75 Å². The van der Waals surface area contributed by atoms with Crippen molar-refractivity contribution in [1.82, 2.24) is 0 Å². The maximum atomic E-state index is 11.6. The van der Waals surface area contributed by atoms with E-state index in [0.717, 1.165) is 0 Å². The first-order valence-corrected chi connectivity index (χ1v) is 6.09. The number of hydrogen-bond donors (Lipinski definition) is 0. The fraction of sp³-hybridized carbons (Fsp3) is 0.385. The summed E-state index contributed by atoms with van der Waals surface area (Å²) >= 11 is 0. The average molecular weight is 297 g/mol. The minimum absolute atomic E-state index is 0.0796. The number of nitro groups is 1. The largest absolute Gasteiger partial charge is 0.516 e. The zero-order valence-electron chi connectivity index (χ0n) is 11.8. The zero-order valence-corrected chi connectivity index (χ0v) is 11.8. The van der Waals surface area contributed by atoms with Crippen molar-refractivity contribution in [2.45, 2.75) is 27.1 Å². The maximum absolute atomic E-state index is 11.6. The number of esters is 1. The number of nitrogens with zero attached hydrogens (tertiary/aromatic N) is 1. The Morgan fingerprint density at radius 3 is 2.14 bits per heavy atom. The molecule has 8 nitrogen and oxygen atoms in total. The van der Waals surface area contributed by atoms with Crippen LogP contribution >= 0.6 is 0 Å². The summed E-state index contributed by atoms with van der Waals surface area (Å²) in [7, 11) is 0. The van der Waals surface area contributed by atoms with Crippen LogP contribution in [-0.4, -0.2) is 23.3 Å². The lowest BCUT2D eigenvalue weighted by molar-refractivity contribution is -0.384. The van der Waals surface area contributed by atoms with Gasteiger partial charge in [-0.25, -0.2) is 4.79 Å². The SMILES string of the molecule is CC(=O)OC(OC(=O)Oc1ccc([N+](=O)[O-])cc1)C(C)C. The van der Waals surface area contributed by atoms with Crippen LogP contribution in [0.4, 0.5) is 10.5 Å². The van der Waals surface area contributed by atoms with Gasteiger partial charge < -0.3 is 14.2 Å². The molecule has 0 heterocycles. The summed E-state index contributed by atoms with van der Waals surface area (Å²) in [5.74, 6) is -0.758. The second kappa shape index (κ2) is 7.22. The van der Waals surface area contributed by atoms with Crippen molar-refractivity contribution in [3.63, 3.8) is 0 Å². The van der Waals surface area contributed by atoms with Gasteiger partial charge in [0.25, 0.3) is 12.0 Å². The van der Waals surface area contributed by atoms with Crippen LogP contribution in [-0.2, 0) is 14.3 Å². The molecule has 0 spiro atoms. The highest BCUT2D eigenvalue weighted by Crippen LogP contribution is 2.18. The fourth-order valence-electron chi connectivity index (χ4n) is 1.31. The lowest BCUT2D eigenvalue weighted by Crippen LogP contribution is -2.29. The molecule has 0 aliphatic heterocycles. The number of ether oxygens (including phenoxy) is 3. The Labute approximate surface area is 120 Å². The highest BCUT2D eigenvalue weighted by molar-refractivity contribution is 5.67. The third-order valence-electron chi connectivity index (χ3n) is 2.29. The normalized spacial score (nSPS) is 11.6. The van der Waals surface area contributed by atoms with Gasteiger partial charge in [0, 0.05) is 25.0 Å². The Hall–Kier alpha value is -2.64. The lowest BCUT2D eigenvalue weighted by Gasteiger charge is -2.19. The minimum Gasteiger partial charge on any atom is -0.425 e. The molecule has 0 fully saturated rings. The zero-order chi connectivity index (χ0) is 16.0. The molecular formula is C13H15NO7. The number of carbonyl (C=O) groups excluding carboxylic acids is 2. The molecule has 114 valence electrons. The monoisotopic (exact) mass is 297 g/mol. The molecule has 1 aromatic carbocycles. The predicted octanol–water partition coefficient (Wildman–Crippen LogP) is 2.66. The maximum Gasteiger partial charge on any atom is 0.516 e. The van der Waals surface area contributed by atoms with Gasteiger partial charge in [0.05, 0.1) is 4.92 Å². The smallest absolute Gasteiger partial charge is 0.425 e. The fourth-order valence-corrected chi connectivity index (χ4v) is 1.31. The highest BCUT2D eigenvalue weighted by Gasteiger charge is 2.22. The predicted molar refractivity (Wildman–Crippen MR) is 70.6 cm³/mol. The summed E-state index contributed by atoms with van der Waals surface area (Å²) in [5.41, 5.74) is -0.129. The number of rotatable bonds is 5. The Morgan fingerprint density at radius 1 is 1.14 bits per heavy atom. The Bertz CT molecular complexity index is 524. The first-order chi connectivity index (χ1) is 9.79. The van der Waals surface area contributed by atoms with E-state index in [2.05, 4.69) is 0 Å². The molecule has 0 bridgehead atoms. The lowest BCUT2D eigenvalue weighted by atomic mass is 10.2. The third kappa shape index (κ3) is 5.47. The molecule has 0 aromatic heterocycles. The van der Waals surface area contributed by atoms with Crippen molar-refractivity contribution in [2.24, 2.45) is 5.92 Å². The van der Waals surface area contributed by atoms with E-state index in [4.69, 9.17) is 14.2 Å². The van der Waals surface area contributed by atoms with Gasteiger partial charge >= 0.3 is 12.1 Å². The molecule has 0 amide bonds. The van der Waals surface area contributed by atoms with Gasteiger partial charge in [-0.2, -0.15) is 0 Å². The van der Waals surface area contributed by atoms with Crippen molar-refractivity contribution >= 4 is 17.8 Å². The van der Waals surface area contributed by atoms with Gasteiger partial charge in [0.1, 0.15) is 5.75 Å². The molecule has 1 aromatic rings.